The van der Waals surface area contributed by atoms with Crippen LogP contribution in [0.15, 0.2) is 6.20 Å². The highest BCUT2D eigenvalue weighted by molar-refractivity contribution is 6.99. The highest BCUT2D eigenvalue weighted by Gasteiger charge is 2.10. The first-order chi connectivity index (χ1) is 5.97. The van der Waals surface area contributed by atoms with Crippen molar-refractivity contribution in [3.05, 3.63) is 6.20 Å². The van der Waals surface area contributed by atoms with Crippen molar-refractivity contribution in [2.75, 3.05) is 18.0 Å². The van der Waals surface area contributed by atoms with Gasteiger partial charge in [-0.2, -0.15) is 8.75 Å². The van der Waals surface area contributed by atoms with Crippen molar-refractivity contribution in [1.29, 1.82) is 0 Å². The molecular formula is C8H13N3S. The fraction of sp³-hybridized carbons (Fsp3) is 0.750. The van der Waals surface area contributed by atoms with Gasteiger partial charge in [0.05, 0.1) is 17.9 Å². The predicted octanol–water partition coefficient (Wildman–Crippen LogP) is 1.92. The van der Waals surface area contributed by atoms with Crippen molar-refractivity contribution < 1.29 is 0 Å². The topological polar surface area (TPSA) is 29.0 Å². The van der Waals surface area contributed by atoms with E-state index >= 15 is 0 Å². The summed E-state index contributed by atoms with van der Waals surface area (Å²) in [7, 11) is 0. The van der Waals surface area contributed by atoms with Crippen LogP contribution in [-0.4, -0.2) is 21.8 Å². The second kappa shape index (κ2) is 3.85. The summed E-state index contributed by atoms with van der Waals surface area (Å²) < 4.78 is 8.25. The fourth-order valence-corrected chi connectivity index (χ4v) is 2.03. The van der Waals surface area contributed by atoms with Crippen LogP contribution in [0.3, 0.4) is 0 Å². The Kier molecular flexibility index (Phi) is 2.56. The second-order valence-electron chi connectivity index (χ2n) is 3.17. The molecule has 1 saturated heterocycles. The maximum atomic E-state index is 4.24. The van der Waals surface area contributed by atoms with E-state index in [4.69, 9.17) is 0 Å². The number of anilines is 1. The Labute approximate surface area is 76.7 Å². The monoisotopic (exact) mass is 183 g/mol. The Morgan fingerprint density at radius 2 is 1.92 bits per heavy atom. The van der Waals surface area contributed by atoms with E-state index in [0.29, 0.717) is 0 Å². The number of nitrogens with zero attached hydrogens (tertiary/aromatic N) is 3. The molecule has 0 amide bonds. The highest BCUT2D eigenvalue weighted by Crippen LogP contribution is 2.16. The highest BCUT2D eigenvalue weighted by atomic mass is 32.1. The third-order valence-corrected chi connectivity index (χ3v) is 2.75. The molecule has 1 fully saturated rings. The summed E-state index contributed by atoms with van der Waals surface area (Å²) in [4.78, 5) is 2.34. The molecule has 0 spiro atoms. The minimum absolute atomic E-state index is 1.07. The van der Waals surface area contributed by atoms with Gasteiger partial charge in [0.2, 0.25) is 0 Å². The first-order valence-electron chi connectivity index (χ1n) is 4.49. The molecular weight excluding hydrogens is 170 g/mol. The molecule has 66 valence electrons. The van der Waals surface area contributed by atoms with Crippen LogP contribution in [0.1, 0.15) is 25.7 Å². The number of rotatable bonds is 1. The van der Waals surface area contributed by atoms with E-state index in [1.807, 2.05) is 6.20 Å². The van der Waals surface area contributed by atoms with Gasteiger partial charge in [0.1, 0.15) is 0 Å². The molecule has 4 heteroatoms. The van der Waals surface area contributed by atoms with Crippen molar-refractivity contribution in [3.8, 4) is 0 Å². The molecule has 0 radical (unpaired) electrons. The van der Waals surface area contributed by atoms with Gasteiger partial charge < -0.3 is 4.90 Å². The van der Waals surface area contributed by atoms with Crippen LogP contribution in [0.4, 0.5) is 5.82 Å². The number of hydrogen-bond donors (Lipinski definition) is 0. The van der Waals surface area contributed by atoms with Crippen LogP contribution >= 0.6 is 11.7 Å². The molecule has 3 nitrogen and oxygen atoms in total. The normalized spacial score (nSPS) is 19.2. The molecule has 0 N–H and O–H groups in total. The van der Waals surface area contributed by atoms with Crippen molar-refractivity contribution in [2.24, 2.45) is 0 Å². The van der Waals surface area contributed by atoms with Crippen LogP contribution in [0.2, 0.25) is 0 Å². The van der Waals surface area contributed by atoms with Crippen LogP contribution in [0, 0.1) is 0 Å². The minimum Gasteiger partial charge on any atom is -0.354 e. The Morgan fingerprint density at radius 1 is 1.17 bits per heavy atom. The fourth-order valence-electron chi connectivity index (χ4n) is 1.60. The van der Waals surface area contributed by atoms with Gasteiger partial charge in [0.25, 0.3) is 0 Å². The third-order valence-electron chi connectivity index (χ3n) is 2.28. The lowest BCUT2D eigenvalue weighted by atomic mass is 10.2. The van der Waals surface area contributed by atoms with Crippen molar-refractivity contribution in [2.45, 2.75) is 25.7 Å². The van der Waals surface area contributed by atoms with Crippen molar-refractivity contribution in [1.82, 2.24) is 8.75 Å². The molecule has 0 unspecified atom stereocenters. The average molecular weight is 183 g/mol. The lowest BCUT2D eigenvalue weighted by molar-refractivity contribution is 0.726. The summed E-state index contributed by atoms with van der Waals surface area (Å²) in [5.41, 5.74) is 0. The largest absolute Gasteiger partial charge is 0.354 e. The Balaban J connectivity index is 2.02. The third kappa shape index (κ3) is 1.75. The van der Waals surface area contributed by atoms with Crippen molar-refractivity contribution >= 4 is 17.5 Å². The molecule has 2 heterocycles. The molecule has 1 aromatic rings. The maximum Gasteiger partial charge on any atom is 0.162 e. The molecule has 0 aromatic carbocycles. The van der Waals surface area contributed by atoms with E-state index in [-0.39, 0.29) is 0 Å². The summed E-state index contributed by atoms with van der Waals surface area (Å²) in [6, 6.07) is 0. The molecule has 2 rings (SSSR count). The molecule has 1 aliphatic heterocycles. The van der Waals surface area contributed by atoms with Crippen LogP contribution in [0.25, 0.3) is 0 Å². The zero-order chi connectivity index (χ0) is 8.23. The molecule has 12 heavy (non-hydrogen) atoms. The van der Waals surface area contributed by atoms with Crippen molar-refractivity contribution in [3.63, 3.8) is 0 Å². The summed E-state index contributed by atoms with van der Waals surface area (Å²) in [5, 5.41) is 0. The predicted molar refractivity (Wildman–Crippen MR) is 50.6 cm³/mol. The van der Waals surface area contributed by atoms with Gasteiger partial charge in [0.15, 0.2) is 5.82 Å². The van der Waals surface area contributed by atoms with Gasteiger partial charge in [-0.3, -0.25) is 0 Å². The van der Waals surface area contributed by atoms with Gasteiger partial charge in [0, 0.05) is 13.1 Å². The second-order valence-corrected chi connectivity index (χ2v) is 3.72. The smallest absolute Gasteiger partial charge is 0.162 e. The van der Waals surface area contributed by atoms with Crippen LogP contribution in [-0.2, 0) is 0 Å². The molecule has 0 saturated carbocycles. The molecule has 1 aliphatic rings. The Morgan fingerprint density at radius 3 is 2.50 bits per heavy atom. The van der Waals surface area contributed by atoms with E-state index in [1.165, 1.54) is 37.4 Å². The van der Waals surface area contributed by atoms with Gasteiger partial charge >= 0.3 is 0 Å². The van der Waals surface area contributed by atoms with Crippen LogP contribution in [0.5, 0.6) is 0 Å². The lowest BCUT2D eigenvalue weighted by Crippen LogP contribution is -2.23. The lowest BCUT2D eigenvalue weighted by Gasteiger charge is -2.18. The summed E-state index contributed by atoms with van der Waals surface area (Å²) in [6.45, 7) is 2.32. The summed E-state index contributed by atoms with van der Waals surface area (Å²) in [6.07, 6.45) is 7.22. The van der Waals surface area contributed by atoms with Gasteiger partial charge in [-0.25, -0.2) is 0 Å². The summed E-state index contributed by atoms with van der Waals surface area (Å²) >= 11 is 1.30. The molecule has 1 aromatic heterocycles. The quantitative estimate of drug-likeness (QED) is 0.666. The summed E-state index contributed by atoms with van der Waals surface area (Å²) in [5.74, 6) is 1.07. The number of aromatic nitrogens is 2. The standard InChI is InChI=1S/C8H13N3S/c1-2-4-6-11(5-3-1)8-7-9-12-10-8/h7H,1-6H2. The first kappa shape index (κ1) is 7.98. The first-order valence-corrected chi connectivity index (χ1v) is 5.22. The van der Waals surface area contributed by atoms with Crippen LogP contribution < -0.4 is 4.90 Å². The van der Waals surface area contributed by atoms with Gasteiger partial charge in [-0.1, -0.05) is 12.8 Å². The Bertz CT molecular complexity index is 214. The van der Waals surface area contributed by atoms with E-state index in [0.717, 1.165) is 18.9 Å². The average Bonchev–Trinajstić information content (AvgIpc) is 2.48. The molecule has 0 atom stereocenters. The molecule has 0 bridgehead atoms. The van der Waals surface area contributed by atoms with E-state index < -0.39 is 0 Å². The van der Waals surface area contributed by atoms with E-state index in [2.05, 4.69) is 13.6 Å². The minimum atomic E-state index is 1.07. The zero-order valence-electron chi connectivity index (χ0n) is 7.07. The van der Waals surface area contributed by atoms with Gasteiger partial charge in [-0.05, 0) is 12.8 Å². The maximum absolute atomic E-state index is 4.24. The van der Waals surface area contributed by atoms with E-state index in [1.54, 1.807) is 0 Å². The Hall–Kier alpha value is -0.640. The molecule has 0 aliphatic carbocycles. The van der Waals surface area contributed by atoms with E-state index in [9.17, 15) is 0 Å². The SMILES string of the molecule is c1nsnc1N1CCCCCC1. The number of hydrogen-bond acceptors (Lipinski definition) is 4. The van der Waals surface area contributed by atoms with Gasteiger partial charge in [-0.15, -0.1) is 0 Å². The zero-order valence-corrected chi connectivity index (χ0v) is 7.89.